The van der Waals surface area contributed by atoms with E-state index < -0.39 is 0 Å². The third-order valence-corrected chi connectivity index (χ3v) is 3.79. The Morgan fingerprint density at radius 2 is 1.84 bits per heavy atom. The normalized spacial score (nSPS) is 18.7. The van der Waals surface area contributed by atoms with Gasteiger partial charge in [-0.05, 0) is 31.2 Å². The zero-order chi connectivity index (χ0) is 13.2. The van der Waals surface area contributed by atoms with Gasteiger partial charge in [-0.1, -0.05) is 48.0 Å². The first kappa shape index (κ1) is 12.2. The molecule has 0 fully saturated rings. The molecule has 0 aliphatic carbocycles. The van der Waals surface area contributed by atoms with Crippen LogP contribution in [0.3, 0.4) is 0 Å². The highest BCUT2D eigenvalue weighted by Crippen LogP contribution is 2.33. The van der Waals surface area contributed by atoms with Gasteiger partial charge in [0.25, 0.3) is 0 Å². The zero-order valence-electron chi connectivity index (χ0n) is 11.4. The number of hydrogen-bond donors (Lipinski definition) is 1. The maximum atomic E-state index is 6.08. The topological polar surface area (TPSA) is 21.3 Å². The van der Waals surface area contributed by atoms with Crippen LogP contribution < -0.4 is 10.1 Å². The molecule has 2 aromatic rings. The van der Waals surface area contributed by atoms with Crippen molar-refractivity contribution in [3.05, 3.63) is 65.2 Å². The van der Waals surface area contributed by atoms with Gasteiger partial charge in [-0.15, -0.1) is 0 Å². The van der Waals surface area contributed by atoms with Gasteiger partial charge < -0.3 is 10.1 Å². The minimum absolute atomic E-state index is 0.171. The molecule has 2 nitrogen and oxygen atoms in total. The van der Waals surface area contributed by atoms with Gasteiger partial charge in [0, 0.05) is 6.42 Å². The lowest BCUT2D eigenvalue weighted by atomic mass is 9.97. The lowest BCUT2D eigenvalue weighted by Gasteiger charge is -2.23. The van der Waals surface area contributed by atoms with Crippen molar-refractivity contribution in [3.63, 3.8) is 0 Å². The largest absolute Gasteiger partial charge is 0.488 e. The molecule has 2 aromatic carbocycles. The molecule has 0 spiro atoms. The highest BCUT2D eigenvalue weighted by molar-refractivity contribution is 5.38. The molecule has 2 unspecified atom stereocenters. The maximum Gasteiger partial charge on any atom is 0.123 e. The van der Waals surface area contributed by atoms with Crippen LogP contribution in [-0.4, -0.2) is 13.2 Å². The molecule has 2 atom stereocenters. The minimum atomic E-state index is 0.171. The fraction of sp³-hybridized carbons (Fsp3) is 0.294. The van der Waals surface area contributed by atoms with Crippen LogP contribution in [0, 0.1) is 6.92 Å². The van der Waals surface area contributed by atoms with Crippen molar-refractivity contribution in [2.24, 2.45) is 0 Å². The first-order valence-electron chi connectivity index (χ1n) is 6.76. The predicted molar refractivity (Wildman–Crippen MR) is 77.5 cm³/mol. The van der Waals surface area contributed by atoms with Crippen LogP contribution in [0.4, 0.5) is 0 Å². The highest BCUT2D eigenvalue weighted by atomic mass is 16.5. The molecule has 0 aromatic heterocycles. The van der Waals surface area contributed by atoms with Crippen molar-refractivity contribution in [2.75, 3.05) is 7.05 Å². The molecule has 0 saturated heterocycles. The summed E-state index contributed by atoms with van der Waals surface area (Å²) in [5.41, 5.74) is 3.87. The van der Waals surface area contributed by atoms with Gasteiger partial charge in [-0.2, -0.15) is 0 Å². The summed E-state index contributed by atoms with van der Waals surface area (Å²) in [6.45, 7) is 2.11. The fourth-order valence-corrected chi connectivity index (χ4v) is 2.74. The van der Waals surface area contributed by atoms with Crippen LogP contribution in [0.15, 0.2) is 48.5 Å². The third-order valence-electron chi connectivity index (χ3n) is 3.79. The Hall–Kier alpha value is -1.80. The van der Waals surface area contributed by atoms with Gasteiger partial charge in [0.15, 0.2) is 0 Å². The van der Waals surface area contributed by atoms with E-state index in [4.69, 9.17) is 4.74 Å². The second kappa shape index (κ2) is 5.06. The number of hydrogen-bond acceptors (Lipinski definition) is 2. The monoisotopic (exact) mass is 253 g/mol. The number of fused-ring (bicyclic) bond motifs is 1. The molecular weight excluding hydrogens is 234 g/mol. The number of benzene rings is 2. The molecule has 2 heteroatoms. The molecule has 1 aliphatic heterocycles. The Kier molecular flexibility index (Phi) is 3.26. The molecule has 0 saturated carbocycles. The maximum absolute atomic E-state index is 6.08. The van der Waals surface area contributed by atoms with Crippen molar-refractivity contribution in [3.8, 4) is 5.75 Å². The quantitative estimate of drug-likeness (QED) is 0.906. The number of ether oxygens (including phenoxy) is 1. The van der Waals surface area contributed by atoms with Crippen molar-refractivity contribution >= 4 is 0 Å². The Morgan fingerprint density at radius 1 is 1.11 bits per heavy atom. The second-order valence-electron chi connectivity index (χ2n) is 5.15. The van der Waals surface area contributed by atoms with Crippen LogP contribution in [0.2, 0.25) is 0 Å². The van der Waals surface area contributed by atoms with E-state index in [0.717, 1.165) is 12.2 Å². The smallest absolute Gasteiger partial charge is 0.123 e. The standard InChI is InChI=1S/C17H19NO/c1-12-7-9-13(10-8-12)17(18-2)16-11-14-5-3-4-6-15(14)19-16/h3-10,16-18H,11H2,1-2H3. The summed E-state index contributed by atoms with van der Waals surface area (Å²) in [6.07, 6.45) is 1.14. The lowest BCUT2D eigenvalue weighted by Crippen LogP contribution is -2.32. The van der Waals surface area contributed by atoms with E-state index >= 15 is 0 Å². The molecule has 3 rings (SSSR count). The van der Waals surface area contributed by atoms with Crippen LogP contribution in [0.1, 0.15) is 22.7 Å². The summed E-state index contributed by atoms with van der Waals surface area (Å²) >= 11 is 0. The Balaban J connectivity index is 1.83. The van der Waals surface area contributed by atoms with Crippen molar-refractivity contribution in [1.82, 2.24) is 5.32 Å². The first-order valence-corrected chi connectivity index (χ1v) is 6.76. The van der Waals surface area contributed by atoms with Gasteiger partial charge in [0.05, 0.1) is 6.04 Å². The summed E-state index contributed by atoms with van der Waals surface area (Å²) in [7, 11) is 2.00. The van der Waals surface area contributed by atoms with Crippen LogP contribution in [0.5, 0.6) is 5.75 Å². The number of aryl methyl sites for hydroxylation is 1. The lowest BCUT2D eigenvalue weighted by molar-refractivity contribution is 0.183. The van der Waals surface area contributed by atoms with Crippen LogP contribution >= 0.6 is 0 Å². The molecule has 19 heavy (non-hydrogen) atoms. The molecule has 98 valence electrons. The van der Waals surface area contributed by atoms with Gasteiger partial charge in [-0.25, -0.2) is 0 Å². The molecule has 0 bridgehead atoms. The van der Waals surface area contributed by atoms with Crippen molar-refractivity contribution < 1.29 is 4.74 Å². The Labute approximate surface area is 114 Å². The van der Waals surface area contributed by atoms with E-state index in [1.807, 2.05) is 13.1 Å². The summed E-state index contributed by atoms with van der Waals surface area (Å²) < 4.78 is 6.08. The molecule has 0 amide bonds. The summed E-state index contributed by atoms with van der Waals surface area (Å²) in [5.74, 6) is 1.03. The molecular formula is C17H19NO. The summed E-state index contributed by atoms with van der Waals surface area (Å²) in [4.78, 5) is 0. The van der Waals surface area contributed by atoms with E-state index in [1.165, 1.54) is 16.7 Å². The van der Waals surface area contributed by atoms with Crippen molar-refractivity contribution in [1.29, 1.82) is 0 Å². The van der Waals surface area contributed by atoms with Crippen LogP contribution in [0.25, 0.3) is 0 Å². The Bertz CT molecular complexity index is 537. The molecule has 1 aliphatic rings. The summed E-state index contributed by atoms with van der Waals surface area (Å²) in [6, 6.07) is 17.2. The average molecular weight is 253 g/mol. The van der Waals surface area contributed by atoms with E-state index in [9.17, 15) is 0 Å². The van der Waals surface area contributed by atoms with Gasteiger partial charge in [-0.3, -0.25) is 0 Å². The molecule has 1 N–H and O–H groups in total. The van der Waals surface area contributed by atoms with Gasteiger partial charge in [0.2, 0.25) is 0 Å². The van der Waals surface area contributed by atoms with E-state index in [1.54, 1.807) is 0 Å². The van der Waals surface area contributed by atoms with E-state index in [0.29, 0.717) is 0 Å². The summed E-state index contributed by atoms with van der Waals surface area (Å²) in [5, 5.41) is 3.39. The second-order valence-corrected chi connectivity index (χ2v) is 5.15. The van der Waals surface area contributed by atoms with E-state index in [2.05, 4.69) is 54.7 Å². The van der Waals surface area contributed by atoms with Crippen molar-refractivity contribution in [2.45, 2.75) is 25.5 Å². The highest BCUT2D eigenvalue weighted by Gasteiger charge is 2.30. The van der Waals surface area contributed by atoms with Gasteiger partial charge >= 0.3 is 0 Å². The van der Waals surface area contributed by atoms with E-state index in [-0.39, 0.29) is 12.1 Å². The molecule has 0 radical (unpaired) electrons. The zero-order valence-corrected chi connectivity index (χ0v) is 11.4. The molecule has 1 heterocycles. The fourth-order valence-electron chi connectivity index (χ4n) is 2.74. The predicted octanol–water partition coefficient (Wildman–Crippen LogP) is 3.26. The number of para-hydroxylation sites is 1. The van der Waals surface area contributed by atoms with Gasteiger partial charge in [0.1, 0.15) is 11.9 Å². The van der Waals surface area contributed by atoms with Crippen LogP contribution in [-0.2, 0) is 6.42 Å². The number of rotatable bonds is 3. The average Bonchev–Trinajstić information content (AvgIpc) is 2.85. The number of nitrogens with one attached hydrogen (secondary N) is 1. The number of likely N-dealkylation sites (N-methyl/N-ethyl adjacent to an activating group) is 1. The first-order chi connectivity index (χ1) is 9.28. The minimum Gasteiger partial charge on any atom is -0.488 e. The third kappa shape index (κ3) is 2.36. The SMILES string of the molecule is CNC(c1ccc(C)cc1)C1Cc2ccccc2O1. The Morgan fingerprint density at radius 3 is 2.53 bits per heavy atom.